The second-order valence-electron chi connectivity index (χ2n) is 7.01. The second-order valence-corrected chi connectivity index (χ2v) is 7.01. The van der Waals surface area contributed by atoms with E-state index in [1.807, 2.05) is 42.3 Å². The first-order valence-corrected chi connectivity index (χ1v) is 9.34. The maximum absolute atomic E-state index is 13.2. The summed E-state index contributed by atoms with van der Waals surface area (Å²) >= 11 is 0. The van der Waals surface area contributed by atoms with Gasteiger partial charge < -0.3 is 24.6 Å². The maximum Gasteiger partial charge on any atom is 0.252 e. The van der Waals surface area contributed by atoms with Gasteiger partial charge in [-0.25, -0.2) is 0 Å². The summed E-state index contributed by atoms with van der Waals surface area (Å²) in [4.78, 5) is 30.1. The first kappa shape index (κ1) is 18.3. The number of benzene rings is 2. The van der Waals surface area contributed by atoms with E-state index in [1.54, 1.807) is 18.2 Å². The van der Waals surface area contributed by atoms with E-state index in [0.717, 1.165) is 18.7 Å². The lowest BCUT2D eigenvalue weighted by molar-refractivity contribution is -0.135. The molecule has 0 spiro atoms. The molecule has 2 aliphatic rings. The summed E-state index contributed by atoms with van der Waals surface area (Å²) in [5, 5.41) is 2.91. The Balaban J connectivity index is 1.55. The van der Waals surface area contributed by atoms with Gasteiger partial charge in [0, 0.05) is 31.7 Å². The van der Waals surface area contributed by atoms with E-state index in [9.17, 15) is 9.59 Å². The highest BCUT2D eigenvalue weighted by molar-refractivity contribution is 5.98. The van der Waals surface area contributed by atoms with Crippen molar-refractivity contribution in [2.75, 3.05) is 40.0 Å². The second kappa shape index (κ2) is 7.90. The monoisotopic (exact) mass is 381 g/mol. The standard InChI is InChI=1S/C21H23N3O4/c1-23-9-11-24(12-10-23)21(26)19(15-5-3-2-4-6-15)22-20(25)16-7-8-17-18(13-16)28-14-27-17/h2-8,13,19H,9-12,14H2,1H3,(H,22,25)/t19-/m0/s1. The topological polar surface area (TPSA) is 71.1 Å². The van der Waals surface area contributed by atoms with E-state index in [4.69, 9.17) is 9.47 Å². The molecule has 4 rings (SSSR count). The SMILES string of the molecule is CN1CCN(C(=O)[C@@H](NC(=O)c2ccc3c(c2)OCO3)c2ccccc2)CC1. The molecule has 2 amide bonds. The van der Waals surface area contributed by atoms with Gasteiger partial charge in [-0.15, -0.1) is 0 Å². The van der Waals surface area contributed by atoms with Crippen molar-refractivity contribution in [1.29, 1.82) is 0 Å². The highest BCUT2D eigenvalue weighted by Crippen LogP contribution is 2.32. The number of nitrogens with zero attached hydrogens (tertiary/aromatic N) is 2. The molecule has 1 fully saturated rings. The first-order chi connectivity index (χ1) is 13.6. The molecular weight excluding hydrogens is 358 g/mol. The van der Waals surface area contributed by atoms with Crippen molar-refractivity contribution in [3.63, 3.8) is 0 Å². The van der Waals surface area contributed by atoms with Gasteiger partial charge in [-0.2, -0.15) is 0 Å². The lowest BCUT2D eigenvalue weighted by Crippen LogP contribution is -2.51. The van der Waals surface area contributed by atoms with Gasteiger partial charge in [0.05, 0.1) is 0 Å². The van der Waals surface area contributed by atoms with E-state index in [1.165, 1.54) is 0 Å². The average Bonchev–Trinajstić information content (AvgIpc) is 3.20. The van der Waals surface area contributed by atoms with E-state index in [2.05, 4.69) is 10.2 Å². The van der Waals surface area contributed by atoms with Crippen molar-refractivity contribution in [2.24, 2.45) is 0 Å². The van der Waals surface area contributed by atoms with Gasteiger partial charge in [-0.3, -0.25) is 9.59 Å². The maximum atomic E-state index is 13.2. The molecule has 2 aliphatic heterocycles. The molecule has 0 aromatic heterocycles. The molecule has 2 aromatic rings. The molecule has 0 unspecified atom stereocenters. The van der Waals surface area contributed by atoms with Crippen LogP contribution in [-0.4, -0.2) is 61.6 Å². The van der Waals surface area contributed by atoms with Crippen LogP contribution in [0.1, 0.15) is 22.0 Å². The molecule has 1 atom stereocenters. The molecule has 0 aliphatic carbocycles. The number of hydrogen-bond acceptors (Lipinski definition) is 5. The number of ether oxygens (including phenoxy) is 2. The van der Waals surface area contributed by atoms with Crippen LogP contribution in [0.4, 0.5) is 0 Å². The predicted molar refractivity (Wildman–Crippen MR) is 103 cm³/mol. The van der Waals surface area contributed by atoms with E-state index >= 15 is 0 Å². The minimum Gasteiger partial charge on any atom is -0.454 e. The van der Waals surface area contributed by atoms with E-state index < -0.39 is 6.04 Å². The predicted octanol–water partition coefficient (Wildman–Crippen LogP) is 1.66. The molecule has 1 N–H and O–H groups in total. The third kappa shape index (κ3) is 3.80. The van der Waals surface area contributed by atoms with Gasteiger partial charge in [-0.1, -0.05) is 30.3 Å². The number of nitrogens with one attached hydrogen (secondary N) is 1. The summed E-state index contributed by atoms with van der Waals surface area (Å²) in [5.41, 5.74) is 1.19. The zero-order chi connectivity index (χ0) is 19.5. The molecule has 0 radical (unpaired) electrons. The zero-order valence-electron chi connectivity index (χ0n) is 15.8. The fourth-order valence-electron chi connectivity index (χ4n) is 3.39. The van der Waals surface area contributed by atoms with Crippen molar-refractivity contribution >= 4 is 11.8 Å². The van der Waals surface area contributed by atoms with Crippen molar-refractivity contribution < 1.29 is 19.1 Å². The summed E-state index contributed by atoms with van der Waals surface area (Å²) in [6.07, 6.45) is 0. The van der Waals surface area contributed by atoms with Gasteiger partial charge in [0.2, 0.25) is 12.7 Å². The van der Waals surface area contributed by atoms with Crippen LogP contribution in [0.15, 0.2) is 48.5 Å². The van der Waals surface area contributed by atoms with Crippen LogP contribution in [0.3, 0.4) is 0 Å². The summed E-state index contributed by atoms with van der Waals surface area (Å²) in [5.74, 6) is 0.738. The Hall–Kier alpha value is -3.06. The molecule has 2 aromatic carbocycles. The number of piperazine rings is 1. The summed E-state index contributed by atoms with van der Waals surface area (Å²) in [7, 11) is 2.04. The highest BCUT2D eigenvalue weighted by atomic mass is 16.7. The smallest absolute Gasteiger partial charge is 0.252 e. The van der Waals surface area contributed by atoms with Crippen LogP contribution in [0.25, 0.3) is 0 Å². The minimum atomic E-state index is -0.734. The van der Waals surface area contributed by atoms with Crippen molar-refractivity contribution in [3.05, 3.63) is 59.7 Å². The van der Waals surface area contributed by atoms with Gasteiger partial charge in [-0.05, 0) is 30.8 Å². The largest absolute Gasteiger partial charge is 0.454 e. The van der Waals surface area contributed by atoms with Crippen LogP contribution in [-0.2, 0) is 4.79 Å². The van der Waals surface area contributed by atoms with Crippen molar-refractivity contribution in [2.45, 2.75) is 6.04 Å². The van der Waals surface area contributed by atoms with Crippen LogP contribution >= 0.6 is 0 Å². The summed E-state index contributed by atoms with van der Waals surface area (Å²) in [6.45, 7) is 3.10. The summed E-state index contributed by atoms with van der Waals surface area (Å²) in [6, 6.07) is 13.6. The number of fused-ring (bicyclic) bond motifs is 1. The fraction of sp³-hybridized carbons (Fsp3) is 0.333. The van der Waals surface area contributed by atoms with Crippen molar-refractivity contribution in [1.82, 2.24) is 15.1 Å². The number of likely N-dealkylation sites (N-methyl/N-ethyl adjacent to an activating group) is 1. The molecule has 7 nitrogen and oxygen atoms in total. The van der Waals surface area contributed by atoms with Gasteiger partial charge >= 0.3 is 0 Å². The van der Waals surface area contributed by atoms with Crippen LogP contribution in [0.2, 0.25) is 0 Å². The molecule has 0 bridgehead atoms. The molecule has 28 heavy (non-hydrogen) atoms. The van der Waals surface area contributed by atoms with Gasteiger partial charge in [0.15, 0.2) is 11.5 Å². The molecule has 146 valence electrons. The van der Waals surface area contributed by atoms with E-state index in [-0.39, 0.29) is 18.6 Å². The number of carbonyl (C=O) groups excluding carboxylic acids is 2. The highest BCUT2D eigenvalue weighted by Gasteiger charge is 2.30. The minimum absolute atomic E-state index is 0.0895. The Labute approximate surface area is 163 Å². The van der Waals surface area contributed by atoms with E-state index in [0.29, 0.717) is 30.2 Å². The number of rotatable bonds is 4. The quantitative estimate of drug-likeness (QED) is 0.872. The Morgan fingerprint density at radius 1 is 0.964 bits per heavy atom. The Morgan fingerprint density at radius 2 is 1.68 bits per heavy atom. The summed E-state index contributed by atoms with van der Waals surface area (Å²) < 4.78 is 10.6. The average molecular weight is 381 g/mol. The van der Waals surface area contributed by atoms with Crippen molar-refractivity contribution in [3.8, 4) is 11.5 Å². The van der Waals surface area contributed by atoms with Gasteiger partial charge in [0.25, 0.3) is 5.91 Å². The lowest BCUT2D eigenvalue weighted by Gasteiger charge is -2.35. The Kier molecular flexibility index (Phi) is 5.16. The molecule has 0 saturated carbocycles. The number of hydrogen-bond donors (Lipinski definition) is 1. The fourth-order valence-corrected chi connectivity index (χ4v) is 3.39. The molecule has 7 heteroatoms. The Bertz CT molecular complexity index is 863. The van der Waals surface area contributed by atoms with Crippen LogP contribution in [0, 0.1) is 0 Å². The normalized spacial score (nSPS) is 17.2. The molecular formula is C21H23N3O4. The zero-order valence-corrected chi connectivity index (χ0v) is 15.8. The van der Waals surface area contributed by atoms with Gasteiger partial charge in [0.1, 0.15) is 6.04 Å². The number of carbonyl (C=O) groups is 2. The third-order valence-corrected chi connectivity index (χ3v) is 5.10. The third-order valence-electron chi connectivity index (χ3n) is 5.10. The molecule has 2 heterocycles. The van der Waals surface area contributed by atoms with Crippen LogP contribution in [0.5, 0.6) is 11.5 Å². The molecule has 1 saturated heterocycles. The lowest BCUT2D eigenvalue weighted by atomic mass is 10.0. The Morgan fingerprint density at radius 3 is 2.43 bits per heavy atom. The number of amides is 2. The van der Waals surface area contributed by atoms with Crippen LogP contribution < -0.4 is 14.8 Å². The first-order valence-electron chi connectivity index (χ1n) is 9.34.